The van der Waals surface area contributed by atoms with Gasteiger partial charge in [0.15, 0.2) is 13.5 Å². The van der Waals surface area contributed by atoms with Crippen LogP contribution in [0.1, 0.15) is 11.1 Å². The molecule has 0 fully saturated rings. The minimum atomic E-state index is 0.502. The van der Waals surface area contributed by atoms with Crippen molar-refractivity contribution in [2.24, 2.45) is 0 Å². The summed E-state index contributed by atoms with van der Waals surface area (Å²) in [5.41, 5.74) is 4.32. The molecule has 7 heteroatoms. The molecule has 0 aliphatic carbocycles. The molecule has 0 radical (unpaired) electrons. The van der Waals surface area contributed by atoms with E-state index >= 15 is 0 Å². The van der Waals surface area contributed by atoms with Crippen molar-refractivity contribution in [1.29, 1.82) is 0 Å². The van der Waals surface area contributed by atoms with Gasteiger partial charge in [0.1, 0.15) is 23.0 Å². The molecule has 0 amide bonds. The highest BCUT2D eigenvalue weighted by molar-refractivity contribution is 7.80. The maximum atomic E-state index is 6.26. The van der Waals surface area contributed by atoms with E-state index in [0.717, 1.165) is 68.4 Å². The predicted molar refractivity (Wildman–Crippen MR) is 144 cm³/mol. The van der Waals surface area contributed by atoms with Gasteiger partial charge in [-0.05, 0) is 72.8 Å². The van der Waals surface area contributed by atoms with Crippen molar-refractivity contribution in [3.63, 3.8) is 0 Å². The summed E-state index contributed by atoms with van der Waals surface area (Å²) in [5.74, 6) is 3.31. The third-order valence-electron chi connectivity index (χ3n) is 6.16. The molecule has 5 nitrogen and oxygen atoms in total. The molecule has 35 heavy (non-hydrogen) atoms. The first kappa shape index (κ1) is 22.1. The average molecular weight is 501 g/mol. The largest absolute Gasteiger partial charge is 0.473 e. The monoisotopic (exact) mass is 500 g/mol. The Morgan fingerprint density at radius 3 is 1.54 bits per heavy atom. The van der Waals surface area contributed by atoms with Gasteiger partial charge in [-0.3, -0.25) is 0 Å². The molecular formula is C28H24N2O3S2. The quantitative estimate of drug-likeness (QED) is 0.302. The average Bonchev–Trinajstić information content (AvgIpc) is 2.88. The van der Waals surface area contributed by atoms with Crippen molar-refractivity contribution in [2.75, 3.05) is 23.3 Å². The van der Waals surface area contributed by atoms with Gasteiger partial charge in [-0.15, -0.1) is 25.3 Å². The third-order valence-corrected chi connectivity index (χ3v) is 6.72. The zero-order valence-corrected chi connectivity index (χ0v) is 20.7. The lowest BCUT2D eigenvalue weighted by Gasteiger charge is -2.31. The van der Waals surface area contributed by atoms with Crippen LogP contribution in [0.5, 0.6) is 23.0 Å². The Hall–Kier alpha value is -3.42. The Bertz CT molecular complexity index is 1290. The second kappa shape index (κ2) is 9.32. The first-order valence-electron chi connectivity index (χ1n) is 11.4. The normalized spacial score (nSPS) is 14.5. The molecule has 176 valence electrons. The summed E-state index contributed by atoms with van der Waals surface area (Å²) in [5, 5.41) is 0. The van der Waals surface area contributed by atoms with E-state index in [4.69, 9.17) is 14.2 Å². The molecule has 6 rings (SSSR count). The van der Waals surface area contributed by atoms with Crippen molar-refractivity contribution < 1.29 is 14.2 Å². The molecule has 0 saturated carbocycles. The van der Waals surface area contributed by atoms with Crippen molar-refractivity contribution in [3.05, 3.63) is 96.1 Å². The van der Waals surface area contributed by atoms with Crippen LogP contribution in [0.2, 0.25) is 0 Å². The zero-order valence-electron chi connectivity index (χ0n) is 18.9. The minimum absolute atomic E-state index is 0.502. The summed E-state index contributed by atoms with van der Waals surface area (Å²) in [4.78, 5) is 6.21. The fourth-order valence-electron chi connectivity index (χ4n) is 4.41. The highest BCUT2D eigenvalue weighted by Crippen LogP contribution is 2.36. The predicted octanol–water partition coefficient (Wildman–Crippen LogP) is 6.77. The van der Waals surface area contributed by atoms with E-state index in [1.54, 1.807) is 0 Å². The number of nitrogens with zero attached hydrogens (tertiary/aromatic N) is 2. The molecule has 2 aliphatic heterocycles. The van der Waals surface area contributed by atoms with E-state index in [1.165, 1.54) is 0 Å². The number of thiol groups is 2. The standard InChI is InChI=1S/C28H24N2O3S2/c34-25-5-1-3-21(13-25)29-15-19-11-23(7-9-27(19)31-17-29)33-24-8-10-28-20(12-24)16-30(18-32-28)22-4-2-6-26(35)14-22/h1-14,34-35H,15-18H2. The first-order valence-corrected chi connectivity index (χ1v) is 12.3. The van der Waals surface area contributed by atoms with Crippen LogP contribution in [0, 0.1) is 0 Å². The summed E-state index contributed by atoms with van der Waals surface area (Å²) < 4.78 is 18.2. The molecule has 4 aromatic carbocycles. The Morgan fingerprint density at radius 1 is 0.600 bits per heavy atom. The number of anilines is 2. The van der Waals surface area contributed by atoms with Crippen LogP contribution < -0.4 is 24.0 Å². The Labute approximate surface area is 215 Å². The molecule has 2 aliphatic rings. The summed E-state index contributed by atoms with van der Waals surface area (Å²) >= 11 is 8.93. The summed E-state index contributed by atoms with van der Waals surface area (Å²) in [6.07, 6.45) is 0. The zero-order chi connectivity index (χ0) is 23.8. The van der Waals surface area contributed by atoms with Crippen molar-refractivity contribution >= 4 is 36.6 Å². The number of hydrogen-bond donors (Lipinski definition) is 2. The topological polar surface area (TPSA) is 34.2 Å². The minimum Gasteiger partial charge on any atom is -0.473 e. The molecular weight excluding hydrogens is 476 g/mol. The fourth-order valence-corrected chi connectivity index (χ4v) is 4.85. The molecule has 0 atom stereocenters. The van der Waals surface area contributed by atoms with Gasteiger partial charge in [-0.2, -0.15) is 0 Å². The van der Waals surface area contributed by atoms with Gasteiger partial charge < -0.3 is 24.0 Å². The van der Waals surface area contributed by atoms with Gasteiger partial charge >= 0.3 is 0 Å². The number of ether oxygens (including phenoxy) is 3. The summed E-state index contributed by atoms with van der Waals surface area (Å²) in [7, 11) is 0. The SMILES string of the molecule is Sc1cccc(N2COc3ccc(Oc4ccc5c(c4)CN(c4cccc(S)c4)CO5)cc3C2)c1. The first-order chi connectivity index (χ1) is 17.1. The number of benzene rings is 4. The van der Waals surface area contributed by atoms with E-state index in [0.29, 0.717) is 13.5 Å². The second-order valence-corrected chi connectivity index (χ2v) is 9.66. The van der Waals surface area contributed by atoms with Crippen LogP contribution in [-0.4, -0.2) is 13.5 Å². The number of fused-ring (bicyclic) bond motifs is 2. The molecule has 0 bridgehead atoms. The third kappa shape index (κ3) is 4.74. The van der Waals surface area contributed by atoms with Crippen LogP contribution in [0.15, 0.2) is 94.7 Å². The lowest BCUT2D eigenvalue weighted by atomic mass is 10.1. The summed E-state index contributed by atoms with van der Waals surface area (Å²) in [6, 6.07) is 28.1. The van der Waals surface area contributed by atoms with Gasteiger partial charge in [0.05, 0.1) is 0 Å². The maximum absolute atomic E-state index is 6.26. The van der Waals surface area contributed by atoms with Crippen LogP contribution in [0.25, 0.3) is 0 Å². The van der Waals surface area contributed by atoms with Gasteiger partial charge in [-0.1, -0.05) is 12.1 Å². The van der Waals surface area contributed by atoms with E-state index in [-0.39, 0.29) is 0 Å². The van der Waals surface area contributed by atoms with Gasteiger partial charge in [-0.25, -0.2) is 0 Å². The summed E-state index contributed by atoms with van der Waals surface area (Å²) in [6.45, 7) is 2.48. The van der Waals surface area contributed by atoms with Crippen LogP contribution in [0.4, 0.5) is 11.4 Å². The van der Waals surface area contributed by atoms with Crippen molar-refractivity contribution in [2.45, 2.75) is 22.9 Å². The Balaban J connectivity index is 1.20. The van der Waals surface area contributed by atoms with Gasteiger partial charge in [0.2, 0.25) is 0 Å². The van der Waals surface area contributed by atoms with Crippen LogP contribution in [-0.2, 0) is 13.1 Å². The van der Waals surface area contributed by atoms with Gasteiger partial charge in [0.25, 0.3) is 0 Å². The lowest BCUT2D eigenvalue weighted by molar-refractivity contribution is 0.288. The van der Waals surface area contributed by atoms with Gasteiger partial charge in [0, 0.05) is 45.4 Å². The second-order valence-electron chi connectivity index (χ2n) is 8.62. The molecule has 0 aromatic heterocycles. The highest BCUT2D eigenvalue weighted by Gasteiger charge is 2.21. The van der Waals surface area contributed by atoms with E-state index < -0.39 is 0 Å². The van der Waals surface area contributed by atoms with E-state index in [2.05, 4.69) is 47.2 Å². The molecule has 0 N–H and O–H groups in total. The molecule has 4 aromatic rings. The fraction of sp³-hybridized carbons (Fsp3) is 0.143. The Morgan fingerprint density at radius 2 is 1.09 bits per heavy atom. The maximum Gasteiger partial charge on any atom is 0.161 e. The molecule has 0 spiro atoms. The van der Waals surface area contributed by atoms with E-state index in [1.807, 2.05) is 72.8 Å². The highest BCUT2D eigenvalue weighted by atomic mass is 32.1. The number of rotatable bonds is 4. The van der Waals surface area contributed by atoms with E-state index in [9.17, 15) is 0 Å². The lowest BCUT2D eigenvalue weighted by Crippen LogP contribution is -2.31. The van der Waals surface area contributed by atoms with Crippen molar-refractivity contribution in [1.82, 2.24) is 0 Å². The molecule has 2 heterocycles. The Kier molecular flexibility index (Phi) is 5.88. The van der Waals surface area contributed by atoms with Crippen LogP contribution in [0.3, 0.4) is 0 Å². The smallest absolute Gasteiger partial charge is 0.161 e. The molecule has 0 unspecified atom stereocenters. The van der Waals surface area contributed by atoms with Crippen LogP contribution >= 0.6 is 25.3 Å². The van der Waals surface area contributed by atoms with Crippen molar-refractivity contribution in [3.8, 4) is 23.0 Å². The molecule has 0 saturated heterocycles. The number of hydrogen-bond acceptors (Lipinski definition) is 7.